The van der Waals surface area contributed by atoms with E-state index >= 15 is 0 Å². The van der Waals surface area contributed by atoms with Gasteiger partial charge in [0.1, 0.15) is 22.3 Å². The van der Waals surface area contributed by atoms with E-state index in [0.29, 0.717) is 6.54 Å². The van der Waals surface area contributed by atoms with Crippen LogP contribution in [0.4, 0.5) is 14.5 Å². The lowest BCUT2D eigenvalue weighted by Crippen LogP contribution is -2.40. The summed E-state index contributed by atoms with van der Waals surface area (Å²) in [4.78, 5) is -0.0103. The molecule has 1 fully saturated rings. The summed E-state index contributed by atoms with van der Waals surface area (Å²) in [6.07, 6.45) is 5.36. The molecule has 0 radical (unpaired) electrons. The van der Waals surface area contributed by atoms with Crippen molar-refractivity contribution < 1.29 is 8.78 Å². The predicted molar refractivity (Wildman–Crippen MR) is 80.8 cm³/mol. The molecule has 0 aromatic heterocycles. The first-order valence-electron chi connectivity index (χ1n) is 6.05. The summed E-state index contributed by atoms with van der Waals surface area (Å²) in [7, 11) is 0. The van der Waals surface area contributed by atoms with Gasteiger partial charge in [-0.15, -0.1) is 0 Å². The van der Waals surface area contributed by atoms with Crippen LogP contribution >= 0.6 is 24.0 Å². The maximum Gasteiger partial charge on any atom is 0.150 e. The van der Waals surface area contributed by atoms with Crippen molar-refractivity contribution in [2.24, 2.45) is 5.73 Å². The number of thioether (sulfide) groups is 1. The first-order valence-corrected chi connectivity index (χ1v) is 7.69. The topological polar surface area (TPSA) is 38.0 Å². The van der Waals surface area contributed by atoms with E-state index in [1.54, 1.807) is 11.8 Å². The molecule has 1 aliphatic carbocycles. The van der Waals surface area contributed by atoms with Crippen LogP contribution in [0.5, 0.6) is 0 Å². The van der Waals surface area contributed by atoms with E-state index in [0.717, 1.165) is 12.8 Å². The fraction of sp³-hybridized carbons (Fsp3) is 0.462. The number of thiocarbonyl (C=S) groups is 1. The van der Waals surface area contributed by atoms with Crippen LogP contribution in [-0.2, 0) is 0 Å². The van der Waals surface area contributed by atoms with E-state index in [2.05, 4.69) is 5.32 Å². The molecule has 1 aromatic rings. The van der Waals surface area contributed by atoms with Crippen LogP contribution in [0.1, 0.15) is 24.8 Å². The van der Waals surface area contributed by atoms with Gasteiger partial charge >= 0.3 is 0 Å². The van der Waals surface area contributed by atoms with Crippen LogP contribution in [0.3, 0.4) is 0 Å². The summed E-state index contributed by atoms with van der Waals surface area (Å²) in [6, 6.07) is 2.33. The Balaban J connectivity index is 2.14. The van der Waals surface area contributed by atoms with Crippen molar-refractivity contribution in [3.05, 3.63) is 29.3 Å². The van der Waals surface area contributed by atoms with E-state index in [1.165, 1.54) is 18.6 Å². The van der Waals surface area contributed by atoms with Crippen LogP contribution in [0, 0.1) is 11.6 Å². The highest BCUT2D eigenvalue weighted by atomic mass is 32.2. The fourth-order valence-electron chi connectivity index (χ4n) is 2.16. The van der Waals surface area contributed by atoms with Crippen molar-refractivity contribution in [2.45, 2.75) is 24.0 Å². The summed E-state index contributed by atoms with van der Waals surface area (Å²) in [5, 5.41) is 2.89. The molecule has 0 unspecified atom stereocenters. The summed E-state index contributed by atoms with van der Waals surface area (Å²) in [5.41, 5.74) is 5.48. The molecular formula is C13H16F2N2S2. The molecule has 0 spiro atoms. The third-order valence-electron chi connectivity index (χ3n) is 3.61. The van der Waals surface area contributed by atoms with Crippen LogP contribution in [0.15, 0.2) is 12.1 Å². The van der Waals surface area contributed by atoms with E-state index in [4.69, 9.17) is 18.0 Å². The molecule has 1 aliphatic rings. The molecule has 3 N–H and O–H groups in total. The highest BCUT2D eigenvalue weighted by molar-refractivity contribution is 8.00. The molecule has 19 heavy (non-hydrogen) atoms. The standard InChI is InChI=1S/C13H16F2N2S2/c1-19-13(3-2-4-13)7-17-11-9(14)5-8(12(16)18)6-10(11)15/h5-6,17H,2-4,7H2,1H3,(H2,16,18). The minimum absolute atomic E-state index is 0.0103. The summed E-state index contributed by atoms with van der Waals surface area (Å²) >= 11 is 6.47. The largest absolute Gasteiger partial charge is 0.389 e. The van der Waals surface area contributed by atoms with Crippen molar-refractivity contribution in [3.8, 4) is 0 Å². The van der Waals surface area contributed by atoms with Crippen LogP contribution in [0.2, 0.25) is 0 Å². The number of halogens is 2. The fourth-order valence-corrected chi connectivity index (χ4v) is 3.19. The van der Waals surface area contributed by atoms with Crippen molar-refractivity contribution >= 4 is 34.7 Å². The van der Waals surface area contributed by atoms with E-state index < -0.39 is 11.6 Å². The molecule has 0 atom stereocenters. The number of anilines is 1. The highest BCUT2D eigenvalue weighted by Gasteiger charge is 2.36. The average Bonchev–Trinajstić information content (AvgIpc) is 2.30. The molecule has 6 heteroatoms. The molecule has 104 valence electrons. The molecule has 1 aromatic carbocycles. The van der Waals surface area contributed by atoms with Crippen molar-refractivity contribution in [2.75, 3.05) is 18.1 Å². The monoisotopic (exact) mass is 302 g/mol. The van der Waals surface area contributed by atoms with Gasteiger partial charge < -0.3 is 11.1 Å². The number of benzene rings is 1. The van der Waals surface area contributed by atoms with E-state index in [9.17, 15) is 8.78 Å². The van der Waals surface area contributed by atoms with Crippen LogP contribution < -0.4 is 11.1 Å². The minimum atomic E-state index is -0.654. The average molecular weight is 302 g/mol. The number of rotatable bonds is 5. The van der Waals surface area contributed by atoms with Gasteiger partial charge in [-0.25, -0.2) is 8.78 Å². The molecule has 0 heterocycles. The predicted octanol–water partition coefficient (Wildman–Crippen LogP) is 3.30. The lowest BCUT2D eigenvalue weighted by Gasteiger charge is -2.40. The summed E-state index contributed by atoms with van der Waals surface area (Å²) < 4.78 is 27.8. The van der Waals surface area contributed by atoms with Crippen molar-refractivity contribution in [3.63, 3.8) is 0 Å². The number of hydrogen-bond donors (Lipinski definition) is 2. The van der Waals surface area contributed by atoms with Crippen LogP contribution in [-0.4, -0.2) is 22.5 Å². The number of hydrogen-bond acceptors (Lipinski definition) is 3. The van der Waals surface area contributed by atoms with Gasteiger partial charge in [0.25, 0.3) is 0 Å². The zero-order chi connectivity index (χ0) is 14.0. The molecule has 0 saturated heterocycles. The lowest BCUT2D eigenvalue weighted by atomic mass is 9.84. The lowest BCUT2D eigenvalue weighted by molar-refractivity contribution is 0.379. The Bertz CT molecular complexity index is 473. The Kier molecular flexibility index (Phi) is 4.30. The molecule has 2 rings (SSSR count). The molecule has 0 bridgehead atoms. The first kappa shape index (κ1) is 14.5. The summed E-state index contributed by atoms with van der Waals surface area (Å²) in [6.45, 7) is 0.564. The third-order valence-corrected chi connectivity index (χ3v) is 5.27. The van der Waals surface area contributed by atoms with E-state index in [1.807, 2.05) is 6.26 Å². The quantitative estimate of drug-likeness (QED) is 0.819. The van der Waals surface area contributed by atoms with Gasteiger partial charge in [-0.3, -0.25) is 0 Å². The third kappa shape index (κ3) is 3.00. The van der Waals surface area contributed by atoms with Crippen molar-refractivity contribution in [1.29, 1.82) is 0 Å². The number of nitrogens with two attached hydrogens (primary N) is 1. The van der Waals surface area contributed by atoms with Crippen molar-refractivity contribution in [1.82, 2.24) is 0 Å². The Morgan fingerprint density at radius 3 is 2.37 bits per heavy atom. The normalized spacial score (nSPS) is 16.8. The molecule has 2 nitrogen and oxygen atoms in total. The second kappa shape index (κ2) is 5.63. The minimum Gasteiger partial charge on any atom is -0.389 e. The van der Waals surface area contributed by atoms with E-state index in [-0.39, 0.29) is 21.0 Å². The summed E-state index contributed by atoms with van der Waals surface area (Å²) in [5.74, 6) is -1.31. The maximum absolute atomic E-state index is 13.8. The Morgan fingerprint density at radius 1 is 1.42 bits per heavy atom. The van der Waals surface area contributed by atoms with Crippen LogP contribution in [0.25, 0.3) is 0 Å². The molecule has 1 saturated carbocycles. The Morgan fingerprint density at radius 2 is 2.00 bits per heavy atom. The molecular weight excluding hydrogens is 286 g/mol. The SMILES string of the molecule is CSC1(CNc2c(F)cc(C(N)=S)cc2F)CCC1. The Hall–Kier alpha value is -0.880. The molecule has 0 amide bonds. The maximum atomic E-state index is 13.8. The van der Waals surface area contributed by atoms with Gasteiger partial charge in [0.15, 0.2) is 0 Å². The van der Waals surface area contributed by atoms with Gasteiger partial charge in [0, 0.05) is 16.9 Å². The van der Waals surface area contributed by atoms with Gasteiger partial charge in [-0.05, 0) is 31.2 Å². The van der Waals surface area contributed by atoms with Gasteiger partial charge in [0.2, 0.25) is 0 Å². The zero-order valence-corrected chi connectivity index (χ0v) is 12.3. The van der Waals surface area contributed by atoms with Gasteiger partial charge in [-0.1, -0.05) is 18.6 Å². The molecule has 0 aliphatic heterocycles. The number of nitrogens with one attached hydrogen (secondary N) is 1. The zero-order valence-electron chi connectivity index (χ0n) is 10.6. The second-order valence-electron chi connectivity index (χ2n) is 4.77. The first-order chi connectivity index (χ1) is 8.97. The highest BCUT2D eigenvalue weighted by Crippen LogP contribution is 2.43. The van der Waals surface area contributed by atoms with Gasteiger partial charge in [-0.2, -0.15) is 11.8 Å². The Labute approximate surface area is 121 Å². The van der Waals surface area contributed by atoms with Gasteiger partial charge in [0.05, 0.1) is 0 Å². The second-order valence-corrected chi connectivity index (χ2v) is 6.49. The smallest absolute Gasteiger partial charge is 0.150 e.